The molecule has 0 aliphatic rings. The highest BCUT2D eigenvalue weighted by Gasteiger charge is 2.15. The fraction of sp³-hybridized carbons (Fsp3) is 0.538. The van der Waals surface area contributed by atoms with Gasteiger partial charge in [-0.05, 0) is 24.1 Å². The third-order valence-corrected chi connectivity index (χ3v) is 3.99. The van der Waals surface area contributed by atoms with Gasteiger partial charge in [-0.25, -0.2) is 0 Å². The van der Waals surface area contributed by atoms with Gasteiger partial charge in [-0.1, -0.05) is 44.5 Å². The zero-order valence-electron chi connectivity index (χ0n) is 10.7. The smallest absolute Gasteiger partial charge is 0.0408 e. The maximum absolute atomic E-state index is 5.96. The van der Waals surface area contributed by atoms with E-state index in [1.165, 1.54) is 5.56 Å². The van der Waals surface area contributed by atoms with E-state index in [0.29, 0.717) is 0 Å². The summed E-state index contributed by atoms with van der Waals surface area (Å²) in [5.74, 6) is 6.58. The van der Waals surface area contributed by atoms with Crippen molar-refractivity contribution in [2.75, 3.05) is 5.75 Å². The Morgan fingerprint density at radius 3 is 2.65 bits per heavy atom. The van der Waals surface area contributed by atoms with Crippen molar-refractivity contribution in [3.05, 3.63) is 34.9 Å². The molecule has 4 heteroatoms. The van der Waals surface area contributed by atoms with E-state index < -0.39 is 0 Å². The van der Waals surface area contributed by atoms with E-state index in [4.69, 9.17) is 17.4 Å². The average Bonchev–Trinajstić information content (AvgIpc) is 2.23. The lowest BCUT2D eigenvalue weighted by Crippen LogP contribution is -2.39. The molecule has 1 atom stereocenters. The minimum absolute atomic E-state index is 0.267. The number of benzene rings is 1. The molecule has 0 aliphatic carbocycles. The van der Waals surface area contributed by atoms with Gasteiger partial charge >= 0.3 is 0 Å². The molecule has 0 aliphatic heterocycles. The molecule has 0 aromatic heterocycles. The van der Waals surface area contributed by atoms with E-state index in [-0.39, 0.29) is 10.8 Å². The highest BCUT2D eigenvalue weighted by Crippen LogP contribution is 2.24. The molecule has 3 N–H and O–H groups in total. The number of hydrazine groups is 1. The third kappa shape index (κ3) is 6.32. The van der Waals surface area contributed by atoms with Crippen molar-refractivity contribution in [2.45, 2.75) is 38.0 Å². The van der Waals surface area contributed by atoms with Crippen LogP contribution in [0.4, 0.5) is 0 Å². The van der Waals surface area contributed by atoms with Crippen LogP contribution in [0.25, 0.3) is 0 Å². The van der Waals surface area contributed by atoms with Gasteiger partial charge < -0.3 is 0 Å². The number of nitrogens with one attached hydrogen (secondary N) is 1. The Morgan fingerprint density at radius 2 is 2.12 bits per heavy atom. The Morgan fingerprint density at radius 1 is 1.41 bits per heavy atom. The Kier molecular flexibility index (Phi) is 5.80. The Balaban J connectivity index is 2.52. The molecule has 0 bridgehead atoms. The summed E-state index contributed by atoms with van der Waals surface area (Å²) in [5.41, 5.74) is 4.10. The molecule has 0 saturated carbocycles. The number of nitrogens with two attached hydrogens (primary N) is 1. The summed E-state index contributed by atoms with van der Waals surface area (Å²) in [6.07, 6.45) is 0.903. The Hall–Kier alpha value is -0.220. The lowest BCUT2D eigenvalue weighted by molar-refractivity contribution is 0.573. The molecular weight excluding hydrogens is 252 g/mol. The largest absolute Gasteiger partial charge is 0.271 e. The minimum Gasteiger partial charge on any atom is -0.271 e. The molecule has 0 amide bonds. The molecule has 0 radical (unpaired) electrons. The maximum atomic E-state index is 5.96. The van der Waals surface area contributed by atoms with E-state index in [1.54, 1.807) is 0 Å². The molecule has 17 heavy (non-hydrogen) atoms. The van der Waals surface area contributed by atoms with Crippen LogP contribution in [0.1, 0.15) is 26.3 Å². The predicted octanol–water partition coefficient (Wildman–Crippen LogP) is 3.25. The van der Waals surface area contributed by atoms with Gasteiger partial charge in [0, 0.05) is 21.6 Å². The zero-order valence-corrected chi connectivity index (χ0v) is 12.2. The Labute approximate surface area is 113 Å². The summed E-state index contributed by atoms with van der Waals surface area (Å²) >= 11 is 7.88. The first-order valence-electron chi connectivity index (χ1n) is 5.75. The molecule has 0 spiro atoms. The van der Waals surface area contributed by atoms with Crippen LogP contribution in [0.15, 0.2) is 24.3 Å². The average molecular weight is 273 g/mol. The van der Waals surface area contributed by atoms with Crippen LogP contribution in [-0.4, -0.2) is 16.5 Å². The normalized spacial score (nSPS) is 13.7. The van der Waals surface area contributed by atoms with E-state index >= 15 is 0 Å². The van der Waals surface area contributed by atoms with Gasteiger partial charge in [-0.2, -0.15) is 11.8 Å². The molecule has 2 nitrogen and oxygen atoms in total. The van der Waals surface area contributed by atoms with Crippen molar-refractivity contribution in [3.63, 3.8) is 0 Å². The van der Waals surface area contributed by atoms with Crippen LogP contribution in [0.2, 0.25) is 5.02 Å². The van der Waals surface area contributed by atoms with Gasteiger partial charge in [-0.3, -0.25) is 11.3 Å². The van der Waals surface area contributed by atoms with E-state index in [1.807, 2.05) is 30.0 Å². The van der Waals surface area contributed by atoms with Gasteiger partial charge in [0.2, 0.25) is 0 Å². The number of halogens is 1. The van der Waals surface area contributed by atoms with Gasteiger partial charge in [0.05, 0.1) is 0 Å². The first kappa shape index (κ1) is 14.8. The summed E-state index contributed by atoms with van der Waals surface area (Å²) in [7, 11) is 0. The van der Waals surface area contributed by atoms with Crippen LogP contribution in [0, 0.1) is 0 Å². The summed E-state index contributed by atoms with van der Waals surface area (Å²) in [6, 6.07) is 8.21. The van der Waals surface area contributed by atoms with Gasteiger partial charge in [0.1, 0.15) is 0 Å². The van der Waals surface area contributed by atoms with Gasteiger partial charge in [0.25, 0.3) is 0 Å². The molecule has 1 rings (SSSR count). The lowest BCUT2D eigenvalue weighted by Gasteiger charge is -2.22. The molecule has 0 fully saturated rings. The SMILES string of the molecule is CC(C)(C)SCC(Cc1cccc(Cl)c1)NN. The molecular formula is C13H21ClN2S. The van der Waals surface area contributed by atoms with Crippen LogP contribution < -0.4 is 11.3 Å². The highest BCUT2D eigenvalue weighted by atomic mass is 35.5. The predicted molar refractivity (Wildman–Crippen MR) is 78.5 cm³/mol. The number of hydrogen-bond acceptors (Lipinski definition) is 3. The van der Waals surface area contributed by atoms with Crippen molar-refractivity contribution >= 4 is 23.4 Å². The van der Waals surface area contributed by atoms with E-state index in [9.17, 15) is 0 Å². The van der Waals surface area contributed by atoms with Gasteiger partial charge in [0.15, 0.2) is 0 Å². The van der Waals surface area contributed by atoms with Crippen molar-refractivity contribution in [2.24, 2.45) is 5.84 Å². The standard InChI is InChI=1S/C13H21ClN2S/c1-13(2,3)17-9-12(16-15)8-10-5-4-6-11(14)7-10/h4-7,12,16H,8-9,15H2,1-3H3. The van der Waals surface area contributed by atoms with Crippen LogP contribution >= 0.6 is 23.4 Å². The molecule has 96 valence electrons. The number of hydrogen-bond donors (Lipinski definition) is 2. The molecule has 0 heterocycles. The maximum Gasteiger partial charge on any atom is 0.0408 e. The fourth-order valence-electron chi connectivity index (χ4n) is 1.47. The molecule has 1 unspecified atom stereocenters. The van der Waals surface area contributed by atoms with Crippen LogP contribution in [-0.2, 0) is 6.42 Å². The molecule has 0 saturated heterocycles. The summed E-state index contributed by atoms with van der Waals surface area (Å²) in [6.45, 7) is 6.64. The van der Waals surface area contributed by atoms with Crippen molar-refractivity contribution in [3.8, 4) is 0 Å². The third-order valence-electron chi connectivity index (χ3n) is 2.32. The first-order valence-corrected chi connectivity index (χ1v) is 7.11. The van der Waals surface area contributed by atoms with Gasteiger partial charge in [-0.15, -0.1) is 0 Å². The molecule has 1 aromatic carbocycles. The van der Waals surface area contributed by atoms with Crippen molar-refractivity contribution < 1.29 is 0 Å². The molecule has 1 aromatic rings. The van der Waals surface area contributed by atoms with E-state index in [0.717, 1.165) is 17.2 Å². The Bertz CT molecular complexity index is 350. The fourth-order valence-corrected chi connectivity index (χ4v) is 2.59. The topological polar surface area (TPSA) is 38.0 Å². The second kappa shape index (κ2) is 6.64. The monoisotopic (exact) mass is 272 g/mol. The second-order valence-electron chi connectivity index (χ2n) is 5.12. The number of thioether (sulfide) groups is 1. The first-order chi connectivity index (χ1) is 7.90. The van der Waals surface area contributed by atoms with Crippen LogP contribution in [0.3, 0.4) is 0 Å². The summed E-state index contributed by atoms with van der Waals surface area (Å²) in [5, 5.41) is 0.779. The highest BCUT2D eigenvalue weighted by molar-refractivity contribution is 8.00. The number of rotatable bonds is 5. The zero-order chi connectivity index (χ0) is 12.9. The quantitative estimate of drug-likeness (QED) is 0.638. The van der Waals surface area contributed by atoms with Crippen molar-refractivity contribution in [1.29, 1.82) is 0 Å². The summed E-state index contributed by atoms with van der Waals surface area (Å²) < 4.78 is 0.267. The summed E-state index contributed by atoms with van der Waals surface area (Å²) in [4.78, 5) is 0. The second-order valence-corrected chi connectivity index (χ2v) is 7.40. The minimum atomic E-state index is 0.267. The van der Waals surface area contributed by atoms with Crippen LogP contribution in [0.5, 0.6) is 0 Å². The van der Waals surface area contributed by atoms with E-state index in [2.05, 4.69) is 32.3 Å². The van der Waals surface area contributed by atoms with Crippen molar-refractivity contribution in [1.82, 2.24) is 5.43 Å². The lowest BCUT2D eigenvalue weighted by atomic mass is 10.1.